The first-order valence-corrected chi connectivity index (χ1v) is 19.9. The van der Waals surface area contributed by atoms with Gasteiger partial charge in [0.05, 0.1) is 11.4 Å². The molecule has 7 rings (SSSR count). The van der Waals surface area contributed by atoms with Crippen molar-refractivity contribution in [1.29, 1.82) is 0 Å². The number of phenolic OH excluding ortho intramolecular Hbond substituents is 2. The Hall–Kier alpha value is -5.56. The van der Waals surface area contributed by atoms with E-state index < -0.39 is 24.0 Å². The molecule has 0 heterocycles. The number of aromatic hydroxyl groups is 2. The molecule has 1 aliphatic carbocycles. The summed E-state index contributed by atoms with van der Waals surface area (Å²) in [6.07, 6.45) is -0.597. The molecular formula is C50H52N2O4-2. The average Bonchev–Trinajstić information content (AvgIpc) is 3.20. The fraction of sp³-hybridized carbons (Fsp3) is 0.280. The molecule has 4 atom stereocenters. The van der Waals surface area contributed by atoms with E-state index >= 15 is 0 Å². The van der Waals surface area contributed by atoms with E-state index in [4.69, 9.17) is 0 Å². The van der Waals surface area contributed by atoms with Gasteiger partial charge in [0.25, 0.3) is 0 Å². The van der Waals surface area contributed by atoms with Crippen molar-refractivity contribution in [3.63, 3.8) is 0 Å². The van der Waals surface area contributed by atoms with Crippen molar-refractivity contribution < 1.29 is 20.4 Å². The monoisotopic (exact) mass is 744 g/mol. The van der Waals surface area contributed by atoms with Gasteiger partial charge < -0.3 is 30.2 Å². The number of hydrogen-bond donors (Lipinski definition) is 2. The Morgan fingerprint density at radius 1 is 0.500 bits per heavy atom. The predicted octanol–water partition coefficient (Wildman–Crippen LogP) is 10.1. The van der Waals surface area contributed by atoms with E-state index in [0.29, 0.717) is 28.7 Å². The summed E-state index contributed by atoms with van der Waals surface area (Å²) < 4.78 is 0. The van der Waals surface area contributed by atoms with Crippen LogP contribution in [-0.4, -0.2) is 35.5 Å². The van der Waals surface area contributed by atoms with Crippen molar-refractivity contribution in [3.05, 3.63) is 157 Å². The SMILES string of the molecule is CC(C)CCN(CCC(C)C)c1ccc(C2C([O-])C(c3ccc(N(c4ccccc4-c4ccccc4)c4ccccc4-c4ccccc4)cc3O)[C@H]2[O-])c(O)c1. The molecule has 2 N–H and O–H groups in total. The second-order valence-electron chi connectivity index (χ2n) is 15.9. The third kappa shape index (κ3) is 8.04. The molecule has 1 saturated carbocycles. The first-order chi connectivity index (χ1) is 27.1. The smallest absolute Gasteiger partial charge is 0.121 e. The highest BCUT2D eigenvalue weighted by molar-refractivity contribution is 5.93. The van der Waals surface area contributed by atoms with Gasteiger partial charge in [0.15, 0.2) is 0 Å². The maximum atomic E-state index is 14.0. The maximum Gasteiger partial charge on any atom is 0.121 e. The van der Waals surface area contributed by atoms with Crippen LogP contribution >= 0.6 is 0 Å². The lowest BCUT2D eigenvalue weighted by Gasteiger charge is -2.61. The largest absolute Gasteiger partial charge is 0.851 e. The van der Waals surface area contributed by atoms with Crippen molar-refractivity contribution in [1.82, 2.24) is 0 Å². The molecule has 6 nitrogen and oxygen atoms in total. The van der Waals surface area contributed by atoms with E-state index in [1.54, 1.807) is 24.3 Å². The third-order valence-corrected chi connectivity index (χ3v) is 11.2. The van der Waals surface area contributed by atoms with Gasteiger partial charge in [0.2, 0.25) is 0 Å². The van der Waals surface area contributed by atoms with Gasteiger partial charge >= 0.3 is 0 Å². The fourth-order valence-electron chi connectivity index (χ4n) is 8.01. The number of nitrogens with zero attached hydrogens (tertiary/aromatic N) is 2. The Labute approximate surface area is 332 Å². The lowest BCUT2D eigenvalue weighted by atomic mass is 9.63. The lowest BCUT2D eigenvalue weighted by Crippen LogP contribution is -2.63. The van der Waals surface area contributed by atoms with Crippen LogP contribution in [0, 0.1) is 11.8 Å². The number of anilines is 4. The summed E-state index contributed by atoms with van der Waals surface area (Å²) in [7, 11) is 0. The predicted molar refractivity (Wildman–Crippen MR) is 226 cm³/mol. The Bertz CT molecular complexity index is 2120. The molecule has 3 unspecified atom stereocenters. The molecule has 1 aliphatic rings. The van der Waals surface area contributed by atoms with Gasteiger partial charge in [-0.25, -0.2) is 0 Å². The second kappa shape index (κ2) is 17.1. The van der Waals surface area contributed by atoms with Crippen LogP contribution in [0.2, 0.25) is 0 Å². The van der Waals surface area contributed by atoms with E-state index in [2.05, 4.69) is 86.0 Å². The van der Waals surface area contributed by atoms with Crippen molar-refractivity contribution in [2.75, 3.05) is 22.9 Å². The standard InChI is InChI=1S/C50H52N2O4/c1-33(2)27-29-51(30-28-34(3)4)37-23-25-41(45(53)31-37)47-49(55)48(50(47)56)42-26-24-38(32-46(42)54)52(43-21-13-11-19-39(43)35-15-7-5-8-16-35)44-22-14-12-20-40(44)36-17-9-6-10-18-36/h5-26,31-34,47-50,53-54H,27-30H2,1-4H3/q-2/t47?,48?,49-,50?/m0/s1. The molecule has 0 spiro atoms. The lowest BCUT2D eigenvalue weighted by molar-refractivity contribution is -0.536. The summed E-state index contributed by atoms with van der Waals surface area (Å²) in [6, 6.07) is 47.4. The van der Waals surface area contributed by atoms with Crippen LogP contribution < -0.4 is 20.0 Å². The first-order valence-electron chi connectivity index (χ1n) is 19.9. The topological polar surface area (TPSA) is 93.1 Å². The molecule has 0 bridgehead atoms. The van der Waals surface area contributed by atoms with Crippen molar-refractivity contribution >= 4 is 22.7 Å². The van der Waals surface area contributed by atoms with Gasteiger partial charge in [-0.05, 0) is 83.0 Å². The van der Waals surface area contributed by atoms with Crippen molar-refractivity contribution in [2.45, 2.75) is 64.6 Å². The van der Waals surface area contributed by atoms with Crippen LogP contribution in [0.3, 0.4) is 0 Å². The van der Waals surface area contributed by atoms with E-state index in [-0.39, 0.29) is 11.5 Å². The number of para-hydroxylation sites is 2. The number of benzene rings is 6. The van der Waals surface area contributed by atoms with E-state index in [1.165, 1.54) is 0 Å². The molecule has 6 aromatic carbocycles. The molecule has 0 radical (unpaired) electrons. The molecule has 56 heavy (non-hydrogen) atoms. The molecule has 0 aliphatic heterocycles. The summed E-state index contributed by atoms with van der Waals surface area (Å²) in [5, 5.41) is 50.9. The van der Waals surface area contributed by atoms with Crippen LogP contribution in [0.5, 0.6) is 11.5 Å². The molecule has 0 saturated heterocycles. The van der Waals surface area contributed by atoms with Gasteiger partial charge in [0.1, 0.15) is 11.5 Å². The van der Waals surface area contributed by atoms with Crippen LogP contribution in [0.1, 0.15) is 63.5 Å². The van der Waals surface area contributed by atoms with Crippen LogP contribution in [0.15, 0.2) is 146 Å². The Morgan fingerprint density at radius 2 is 0.893 bits per heavy atom. The minimum atomic E-state index is -1.32. The third-order valence-electron chi connectivity index (χ3n) is 11.2. The molecular weight excluding hydrogens is 693 g/mol. The Morgan fingerprint density at radius 3 is 1.32 bits per heavy atom. The Balaban J connectivity index is 1.21. The highest BCUT2D eigenvalue weighted by Gasteiger charge is 2.41. The van der Waals surface area contributed by atoms with Gasteiger partial charge in [-0.15, -0.1) is 12.2 Å². The van der Waals surface area contributed by atoms with Crippen LogP contribution in [0.25, 0.3) is 22.3 Å². The highest BCUT2D eigenvalue weighted by Crippen LogP contribution is 2.52. The second-order valence-corrected chi connectivity index (χ2v) is 15.9. The van der Waals surface area contributed by atoms with Gasteiger partial charge in [-0.3, -0.25) is 0 Å². The van der Waals surface area contributed by atoms with Crippen LogP contribution in [-0.2, 0) is 0 Å². The number of phenols is 2. The van der Waals surface area contributed by atoms with Gasteiger partial charge in [-0.1, -0.05) is 137 Å². The quantitative estimate of drug-likeness (QED) is 0.115. The number of hydrogen-bond acceptors (Lipinski definition) is 6. The highest BCUT2D eigenvalue weighted by atomic mass is 16.3. The fourth-order valence-corrected chi connectivity index (χ4v) is 8.01. The molecule has 0 amide bonds. The zero-order chi connectivity index (χ0) is 39.3. The molecule has 288 valence electrons. The Kier molecular flexibility index (Phi) is 11.8. The van der Waals surface area contributed by atoms with E-state index in [0.717, 1.165) is 65.2 Å². The van der Waals surface area contributed by atoms with Crippen molar-refractivity contribution in [3.8, 4) is 33.8 Å². The van der Waals surface area contributed by atoms with Gasteiger partial charge in [0, 0.05) is 47.7 Å². The van der Waals surface area contributed by atoms with E-state index in [9.17, 15) is 20.4 Å². The van der Waals surface area contributed by atoms with Gasteiger partial charge in [-0.2, -0.15) is 0 Å². The zero-order valence-corrected chi connectivity index (χ0v) is 32.8. The molecule has 6 heteroatoms. The summed E-state index contributed by atoms with van der Waals surface area (Å²) >= 11 is 0. The molecule has 6 aromatic rings. The minimum Gasteiger partial charge on any atom is -0.851 e. The average molecular weight is 745 g/mol. The first kappa shape index (κ1) is 38.7. The minimum absolute atomic E-state index is 0.0175. The normalized spacial score (nSPS) is 17.9. The number of rotatable bonds is 14. The summed E-state index contributed by atoms with van der Waals surface area (Å²) in [4.78, 5) is 4.42. The summed E-state index contributed by atoms with van der Waals surface area (Å²) in [5.74, 6) is -0.901. The van der Waals surface area contributed by atoms with E-state index in [1.807, 2.05) is 72.8 Å². The summed E-state index contributed by atoms with van der Waals surface area (Å²) in [5.41, 5.74) is 8.23. The summed E-state index contributed by atoms with van der Waals surface area (Å²) in [6.45, 7) is 10.5. The van der Waals surface area contributed by atoms with Crippen molar-refractivity contribution in [2.24, 2.45) is 11.8 Å². The maximum absolute atomic E-state index is 14.0. The zero-order valence-electron chi connectivity index (χ0n) is 32.8. The van der Waals surface area contributed by atoms with Crippen LogP contribution in [0.4, 0.5) is 22.7 Å². The molecule has 0 aromatic heterocycles. The molecule has 1 fully saturated rings.